The Morgan fingerprint density at radius 3 is 2.68 bits per heavy atom. The second-order valence-corrected chi connectivity index (χ2v) is 7.91. The number of carbonyl (C=O) groups is 2. The van der Waals surface area contributed by atoms with Gasteiger partial charge in [0.2, 0.25) is 15.9 Å². The van der Waals surface area contributed by atoms with E-state index in [0.29, 0.717) is 0 Å². The van der Waals surface area contributed by atoms with Gasteiger partial charge in [-0.15, -0.1) is 0 Å². The molecule has 1 aliphatic heterocycles. The molecule has 0 bridgehead atoms. The van der Waals surface area contributed by atoms with Crippen molar-refractivity contribution in [1.29, 1.82) is 0 Å². The lowest BCUT2D eigenvalue weighted by atomic mass is 10.1. The lowest BCUT2D eigenvalue weighted by molar-refractivity contribution is -0.148. The summed E-state index contributed by atoms with van der Waals surface area (Å²) in [6, 6.07) is 5.95. The van der Waals surface area contributed by atoms with Crippen molar-refractivity contribution in [2.24, 2.45) is 5.14 Å². The number of benzene rings is 1. The van der Waals surface area contributed by atoms with Crippen molar-refractivity contribution in [2.45, 2.75) is 24.1 Å². The average molecular weight is 391 g/mol. The largest absolute Gasteiger partial charge is 0.480 e. The number of likely N-dealkylation sites (tertiary alicyclic amines) is 1. The van der Waals surface area contributed by atoms with Crippen LogP contribution in [0.3, 0.4) is 0 Å². The Kier molecular flexibility index (Phi) is 4.88. The molecule has 1 amide bonds. The molecule has 1 fully saturated rings. The van der Waals surface area contributed by atoms with Gasteiger partial charge in [-0.05, 0) is 17.7 Å². The molecule has 0 aromatic heterocycles. The Morgan fingerprint density at radius 2 is 2.18 bits per heavy atom. The molecule has 1 heterocycles. The number of carboxylic acids is 1. The van der Waals surface area contributed by atoms with Gasteiger partial charge in [0.15, 0.2) is 0 Å². The van der Waals surface area contributed by atoms with E-state index in [1.165, 1.54) is 0 Å². The average Bonchev–Trinajstić information content (AvgIpc) is 2.77. The molecular formula is C13H15BrN2O5S. The van der Waals surface area contributed by atoms with E-state index in [4.69, 9.17) is 5.14 Å². The molecule has 1 aromatic rings. The zero-order valence-corrected chi connectivity index (χ0v) is 13.9. The van der Waals surface area contributed by atoms with E-state index in [1.807, 2.05) is 0 Å². The molecule has 0 aliphatic carbocycles. The van der Waals surface area contributed by atoms with Gasteiger partial charge >= 0.3 is 5.97 Å². The Morgan fingerprint density at radius 1 is 1.50 bits per heavy atom. The summed E-state index contributed by atoms with van der Waals surface area (Å²) < 4.78 is 23.5. The highest BCUT2D eigenvalue weighted by Gasteiger charge is 2.41. The number of aliphatic carboxylic acids is 1. The summed E-state index contributed by atoms with van der Waals surface area (Å²) in [7, 11) is -3.87. The third-order valence-electron chi connectivity index (χ3n) is 3.57. The van der Waals surface area contributed by atoms with E-state index < -0.39 is 33.2 Å². The van der Waals surface area contributed by atoms with Crippen molar-refractivity contribution in [3.05, 3.63) is 34.3 Å². The molecule has 22 heavy (non-hydrogen) atoms. The number of carbonyl (C=O) groups excluding carboxylic acids is 1. The van der Waals surface area contributed by atoms with E-state index in [0.717, 1.165) is 14.9 Å². The molecule has 7 nitrogen and oxygen atoms in total. The summed E-state index contributed by atoms with van der Waals surface area (Å²) in [4.78, 5) is 24.5. The molecule has 3 N–H and O–H groups in total. The summed E-state index contributed by atoms with van der Waals surface area (Å²) in [6.45, 7) is -0.192. The molecule has 1 saturated heterocycles. The van der Waals surface area contributed by atoms with Crippen LogP contribution in [0.5, 0.6) is 0 Å². The normalized spacial score (nSPS) is 20.2. The van der Waals surface area contributed by atoms with E-state index in [-0.39, 0.29) is 19.4 Å². The highest BCUT2D eigenvalue weighted by molar-refractivity contribution is 9.10. The van der Waals surface area contributed by atoms with Gasteiger partial charge < -0.3 is 10.0 Å². The number of hydrogen-bond donors (Lipinski definition) is 2. The summed E-state index contributed by atoms with van der Waals surface area (Å²) in [5, 5.41) is 13.4. The van der Waals surface area contributed by atoms with E-state index >= 15 is 0 Å². The van der Waals surface area contributed by atoms with Gasteiger partial charge in [-0.1, -0.05) is 28.1 Å². The smallest absolute Gasteiger partial charge is 0.326 e. The summed E-state index contributed by atoms with van der Waals surface area (Å²) in [5.41, 5.74) is 0.730. The van der Waals surface area contributed by atoms with Gasteiger partial charge in [0.25, 0.3) is 0 Å². The first-order chi connectivity index (χ1) is 10.2. The first-order valence-corrected chi connectivity index (χ1v) is 8.87. The standard InChI is InChI=1S/C13H15BrN2O5S/c14-9-3-1-2-8(4-9)5-11(13(18)19)16-7-10(6-12(16)17)22(15,20)21/h1-4,10-11H,5-7H2,(H,18,19)(H2,15,20,21). The second-order valence-electron chi connectivity index (χ2n) is 5.15. The molecule has 0 radical (unpaired) electrons. The van der Waals surface area contributed by atoms with Crippen LogP contribution in [0.4, 0.5) is 0 Å². The molecule has 2 rings (SSSR count). The predicted molar refractivity (Wildman–Crippen MR) is 82.5 cm³/mol. The van der Waals surface area contributed by atoms with Gasteiger partial charge in [0.05, 0.1) is 0 Å². The maximum Gasteiger partial charge on any atom is 0.326 e. The number of primary sulfonamides is 1. The number of carboxylic acid groups (broad SMARTS) is 1. The van der Waals surface area contributed by atoms with Gasteiger partial charge in [-0.3, -0.25) is 4.79 Å². The Bertz CT molecular complexity index is 706. The van der Waals surface area contributed by atoms with Crippen LogP contribution in [0.1, 0.15) is 12.0 Å². The number of amides is 1. The molecule has 120 valence electrons. The quantitative estimate of drug-likeness (QED) is 0.750. The first-order valence-electron chi connectivity index (χ1n) is 6.47. The fourth-order valence-corrected chi connectivity index (χ4v) is 3.63. The van der Waals surface area contributed by atoms with Gasteiger partial charge in [0, 0.05) is 23.9 Å². The van der Waals surface area contributed by atoms with Crippen LogP contribution in [-0.2, 0) is 26.0 Å². The maximum atomic E-state index is 12.0. The van der Waals surface area contributed by atoms with Crippen molar-refractivity contribution >= 4 is 37.8 Å². The fourth-order valence-electron chi connectivity index (χ4n) is 2.44. The van der Waals surface area contributed by atoms with Crippen molar-refractivity contribution in [3.8, 4) is 0 Å². The van der Waals surface area contributed by atoms with Crippen LogP contribution in [0.25, 0.3) is 0 Å². The minimum atomic E-state index is -3.87. The monoisotopic (exact) mass is 390 g/mol. The van der Waals surface area contributed by atoms with Crippen molar-refractivity contribution < 1.29 is 23.1 Å². The number of nitrogens with zero attached hydrogens (tertiary/aromatic N) is 1. The molecule has 0 spiro atoms. The molecule has 2 unspecified atom stereocenters. The molecule has 0 saturated carbocycles. The lowest BCUT2D eigenvalue weighted by Crippen LogP contribution is -2.44. The Balaban J connectivity index is 2.22. The number of nitrogens with two attached hydrogens (primary N) is 1. The number of halogens is 1. The predicted octanol–water partition coefficient (Wildman–Crippen LogP) is 0.334. The Labute approximate surface area is 136 Å². The van der Waals surface area contributed by atoms with Gasteiger partial charge in [0.1, 0.15) is 11.3 Å². The van der Waals surface area contributed by atoms with Gasteiger partial charge in [-0.25, -0.2) is 18.4 Å². The fraction of sp³-hybridized carbons (Fsp3) is 0.385. The van der Waals surface area contributed by atoms with Crippen LogP contribution in [0.2, 0.25) is 0 Å². The summed E-state index contributed by atoms with van der Waals surface area (Å²) in [5.74, 6) is -1.69. The highest BCUT2D eigenvalue weighted by atomic mass is 79.9. The van der Waals surface area contributed by atoms with Crippen LogP contribution >= 0.6 is 15.9 Å². The topological polar surface area (TPSA) is 118 Å². The Hall–Kier alpha value is -1.45. The van der Waals surface area contributed by atoms with Crippen molar-refractivity contribution in [2.75, 3.05) is 6.54 Å². The van der Waals surface area contributed by atoms with Gasteiger partial charge in [-0.2, -0.15) is 0 Å². The SMILES string of the molecule is NS(=O)(=O)C1CC(=O)N(C(Cc2cccc(Br)c2)C(=O)O)C1. The van der Waals surface area contributed by atoms with Crippen LogP contribution in [0, 0.1) is 0 Å². The lowest BCUT2D eigenvalue weighted by Gasteiger charge is -2.24. The molecule has 9 heteroatoms. The van der Waals surface area contributed by atoms with Crippen molar-refractivity contribution in [3.63, 3.8) is 0 Å². The third-order valence-corrected chi connectivity index (χ3v) is 5.31. The minimum absolute atomic E-state index is 0.0951. The maximum absolute atomic E-state index is 12.0. The number of sulfonamides is 1. The van der Waals surface area contributed by atoms with Crippen LogP contribution < -0.4 is 5.14 Å². The van der Waals surface area contributed by atoms with E-state index in [2.05, 4.69) is 15.9 Å². The molecular weight excluding hydrogens is 376 g/mol. The number of hydrogen-bond acceptors (Lipinski definition) is 4. The highest BCUT2D eigenvalue weighted by Crippen LogP contribution is 2.22. The van der Waals surface area contributed by atoms with Crippen LogP contribution in [-0.4, -0.2) is 48.1 Å². The molecule has 2 atom stereocenters. The summed E-state index contributed by atoms with van der Waals surface area (Å²) in [6.07, 6.45) is -0.182. The molecule has 1 aliphatic rings. The van der Waals surface area contributed by atoms with Crippen LogP contribution in [0.15, 0.2) is 28.7 Å². The summed E-state index contributed by atoms with van der Waals surface area (Å²) >= 11 is 3.30. The zero-order chi connectivity index (χ0) is 16.5. The third kappa shape index (κ3) is 3.84. The molecule has 1 aromatic carbocycles. The zero-order valence-electron chi connectivity index (χ0n) is 11.5. The number of rotatable bonds is 5. The minimum Gasteiger partial charge on any atom is -0.480 e. The second kappa shape index (κ2) is 6.35. The van der Waals surface area contributed by atoms with E-state index in [1.54, 1.807) is 24.3 Å². The first kappa shape index (κ1) is 16.9. The van der Waals surface area contributed by atoms with E-state index in [9.17, 15) is 23.1 Å². The van der Waals surface area contributed by atoms with Crippen molar-refractivity contribution in [1.82, 2.24) is 4.90 Å².